The van der Waals surface area contributed by atoms with Crippen LogP contribution in [0.15, 0.2) is 65.8 Å². The smallest absolute Gasteiger partial charge is 0.327 e. The lowest BCUT2D eigenvalue weighted by atomic mass is 9.96. The van der Waals surface area contributed by atoms with Crippen LogP contribution in [0.25, 0.3) is 0 Å². The number of piperidine rings is 1. The Bertz CT molecular complexity index is 1430. The third-order valence-electron chi connectivity index (χ3n) is 7.19. The molecule has 2 aromatic carbocycles. The number of likely N-dealkylation sites (tertiary alicyclic amines) is 1. The molecular weight excluding hydrogens is 500 g/mol. The first-order valence-corrected chi connectivity index (χ1v) is 13.4. The molecule has 3 aliphatic heterocycles. The van der Waals surface area contributed by atoms with Gasteiger partial charge in [-0.1, -0.05) is 30.0 Å². The highest BCUT2D eigenvalue weighted by Gasteiger charge is 2.45. The van der Waals surface area contributed by atoms with Crippen LogP contribution in [0.1, 0.15) is 30.0 Å². The van der Waals surface area contributed by atoms with Crippen molar-refractivity contribution in [2.75, 3.05) is 18.0 Å². The number of amides is 3. The molecule has 6 rings (SSSR count). The highest BCUT2D eigenvalue weighted by atomic mass is 32.2. The maximum absolute atomic E-state index is 13.5. The molecule has 3 aromatic rings. The summed E-state index contributed by atoms with van der Waals surface area (Å²) >= 11 is 1.46. The topological polar surface area (TPSA) is 111 Å². The Labute approximate surface area is 224 Å². The number of aryl methyl sites for hydroxylation is 1. The van der Waals surface area contributed by atoms with Gasteiger partial charge in [-0.15, -0.1) is 0 Å². The van der Waals surface area contributed by atoms with Gasteiger partial charge in [0.1, 0.15) is 21.9 Å². The number of ether oxygens (including phenoxy) is 1. The van der Waals surface area contributed by atoms with E-state index in [1.165, 1.54) is 11.8 Å². The molecule has 0 saturated carbocycles. The van der Waals surface area contributed by atoms with E-state index in [0.717, 1.165) is 33.3 Å². The molecule has 4 heterocycles. The predicted molar refractivity (Wildman–Crippen MR) is 143 cm³/mol. The van der Waals surface area contributed by atoms with E-state index in [1.54, 1.807) is 16.0 Å². The number of urea groups is 1. The molecule has 3 aliphatic rings. The molecule has 1 fully saturated rings. The standard InChI is InChI=1S/C28H26N6O3S/c1-17-15-20(37-19-5-3-2-4-6-19)7-8-21(17)34-22-9-12-30-26-23(22)24(31-28(34)36)27(38-26)32-25(35)18-10-13-33(16-29)14-11-18/h2-9,12,15,18,24,27H,10-11,13-14H2,1H3,(H,31,36)(H,32,35). The number of hydrogen-bond acceptors (Lipinski definition) is 7. The molecule has 1 saturated heterocycles. The Morgan fingerprint density at radius 1 is 1.13 bits per heavy atom. The highest BCUT2D eigenvalue weighted by molar-refractivity contribution is 8.00. The summed E-state index contributed by atoms with van der Waals surface area (Å²) in [4.78, 5) is 34.4. The average molecular weight is 527 g/mol. The molecular formula is C28H26N6O3S. The van der Waals surface area contributed by atoms with Gasteiger partial charge >= 0.3 is 6.03 Å². The Hall–Kier alpha value is -4.23. The number of nitrogens with one attached hydrogen (secondary N) is 2. The number of hydrogen-bond donors (Lipinski definition) is 2. The Morgan fingerprint density at radius 3 is 2.66 bits per heavy atom. The maximum atomic E-state index is 13.5. The van der Waals surface area contributed by atoms with E-state index < -0.39 is 0 Å². The van der Waals surface area contributed by atoms with E-state index in [-0.39, 0.29) is 29.3 Å². The van der Waals surface area contributed by atoms with Crippen molar-refractivity contribution in [3.63, 3.8) is 0 Å². The molecule has 192 valence electrons. The van der Waals surface area contributed by atoms with E-state index >= 15 is 0 Å². The van der Waals surface area contributed by atoms with Crippen molar-refractivity contribution in [2.24, 2.45) is 5.92 Å². The molecule has 0 radical (unpaired) electrons. The number of carbonyl (C=O) groups excluding carboxylic acids is 2. The van der Waals surface area contributed by atoms with Crippen molar-refractivity contribution in [3.8, 4) is 17.7 Å². The molecule has 38 heavy (non-hydrogen) atoms. The number of rotatable bonds is 5. The Morgan fingerprint density at radius 2 is 1.92 bits per heavy atom. The van der Waals surface area contributed by atoms with Crippen LogP contribution in [-0.2, 0) is 4.79 Å². The van der Waals surface area contributed by atoms with E-state index in [9.17, 15) is 9.59 Å². The molecule has 0 aliphatic carbocycles. The number of carbonyl (C=O) groups is 2. The summed E-state index contributed by atoms with van der Waals surface area (Å²) in [5.74, 6) is 1.24. The van der Waals surface area contributed by atoms with Gasteiger partial charge in [-0.3, -0.25) is 9.69 Å². The minimum Gasteiger partial charge on any atom is -0.457 e. The molecule has 9 nitrogen and oxygen atoms in total. The fourth-order valence-electron chi connectivity index (χ4n) is 5.24. The zero-order valence-electron chi connectivity index (χ0n) is 20.8. The second kappa shape index (κ2) is 9.91. The zero-order valence-corrected chi connectivity index (χ0v) is 21.6. The molecule has 2 unspecified atom stereocenters. The predicted octanol–water partition coefficient (Wildman–Crippen LogP) is 4.83. The number of para-hydroxylation sites is 1. The van der Waals surface area contributed by atoms with Crippen LogP contribution in [0.4, 0.5) is 16.2 Å². The van der Waals surface area contributed by atoms with E-state index in [4.69, 9.17) is 10.00 Å². The monoisotopic (exact) mass is 526 g/mol. The van der Waals surface area contributed by atoms with Crippen molar-refractivity contribution < 1.29 is 14.3 Å². The zero-order chi connectivity index (χ0) is 26.2. The Balaban J connectivity index is 1.23. The summed E-state index contributed by atoms with van der Waals surface area (Å²) in [6.45, 7) is 3.12. The van der Waals surface area contributed by atoms with E-state index in [0.29, 0.717) is 31.7 Å². The average Bonchev–Trinajstić information content (AvgIpc) is 3.28. The molecule has 2 N–H and O–H groups in total. The lowest BCUT2D eigenvalue weighted by Crippen LogP contribution is -2.50. The first-order chi connectivity index (χ1) is 18.5. The van der Waals surface area contributed by atoms with Gasteiger partial charge in [0.25, 0.3) is 0 Å². The first kappa shape index (κ1) is 24.1. The molecule has 2 atom stereocenters. The lowest BCUT2D eigenvalue weighted by molar-refractivity contribution is -0.126. The largest absolute Gasteiger partial charge is 0.457 e. The van der Waals surface area contributed by atoms with Crippen LogP contribution in [-0.4, -0.2) is 40.3 Å². The van der Waals surface area contributed by atoms with E-state index in [2.05, 4.69) is 21.8 Å². The normalized spacial score (nSPS) is 20.4. The highest BCUT2D eigenvalue weighted by Crippen LogP contribution is 2.50. The van der Waals surface area contributed by atoms with Crippen molar-refractivity contribution in [2.45, 2.75) is 36.2 Å². The first-order valence-electron chi connectivity index (χ1n) is 12.6. The second-order valence-corrected chi connectivity index (χ2v) is 10.7. The van der Waals surface area contributed by atoms with E-state index in [1.807, 2.05) is 61.5 Å². The van der Waals surface area contributed by atoms with Gasteiger partial charge in [0.05, 0.1) is 17.4 Å². The molecule has 10 heteroatoms. The van der Waals surface area contributed by atoms with Crippen molar-refractivity contribution >= 4 is 35.1 Å². The van der Waals surface area contributed by atoms with Crippen molar-refractivity contribution in [1.29, 1.82) is 5.26 Å². The number of pyridine rings is 1. The van der Waals surface area contributed by atoms with Crippen LogP contribution in [0, 0.1) is 24.3 Å². The number of thioether (sulfide) groups is 1. The number of nitriles is 1. The minimum atomic E-state index is -0.383. The van der Waals surface area contributed by atoms with Gasteiger partial charge in [-0.25, -0.2) is 9.78 Å². The summed E-state index contributed by atoms with van der Waals surface area (Å²) in [5.41, 5.74) is 3.30. The number of benzene rings is 2. The molecule has 0 bridgehead atoms. The van der Waals surface area contributed by atoms with Gasteiger partial charge in [0, 0.05) is 30.8 Å². The minimum absolute atomic E-state index is 0.0454. The SMILES string of the molecule is Cc1cc(Oc2ccccc2)ccc1N1C(=O)NC2c3c1ccnc3SC2NC(=O)C1CCN(C#N)CC1. The maximum Gasteiger partial charge on any atom is 0.327 e. The summed E-state index contributed by atoms with van der Waals surface area (Å²) < 4.78 is 5.97. The molecule has 0 spiro atoms. The van der Waals surface area contributed by atoms with Crippen LogP contribution < -0.4 is 20.3 Å². The fourth-order valence-corrected chi connectivity index (χ4v) is 6.47. The number of aromatic nitrogens is 1. The fraction of sp³-hybridized carbons (Fsp3) is 0.286. The van der Waals surface area contributed by atoms with Crippen molar-refractivity contribution in [3.05, 3.63) is 71.9 Å². The summed E-state index contributed by atoms with van der Waals surface area (Å²) in [6, 6.07) is 16.4. The van der Waals surface area contributed by atoms with Gasteiger partial charge < -0.3 is 20.3 Å². The van der Waals surface area contributed by atoms with Crippen molar-refractivity contribution in [1.82, 2.24) is 20.5 Å². The summed E-state index contributed by atoms with van der Waals surface area (Å²) in [7, 11) is 0. The molecule has 1 aromatic heterocycles. The molecule has 3 amide bonds. The van der Waals surface area contributed by atoms with Crippen LogP contribution in [0.3, 0.4) is 0 Å². The van der Waals surface area contributed by atoms with Gasteiger partial charge in [0.15, 0.2) is 6.19 Å². The third kappa shape index (κ3) is 4.39. The third-order valence-corrected chi connectivity index (χ3v) is 8.38. The second-order valence-electron chi connectivity index (χ2n) is 9.58. The summed E-state index contributed by atoms with van der Waals surface area (Å²) in [6.07, 6.45) is 5.13. The van der Waals surface area contributed by atoms with Crippen LogP contribution >= 0.6 is 11.8 Å². The number of nitrogens with zero attached hydrogens (tertiary/aromatic N) is 4. The van der Waals surface area contributed by atoms with Gasteiger partial charge in [-0.2, -0.15) is 5.26 Å². The van der Waals surface area contributed by atoms with Crippen LogP contribution in [0.5, 0.6) is 11.5 Å². The van der Waals surface area contributed by atoms with Crippen LogP contribution in [0.2, 0.25) is 0 Å². The quantitative estimate of drug-likeness (QED) is 0.458. The van der Waals surface area contributed by atoms with Gasteiger partial charge in [-0.05, 0) is 61.7 Å². The Kier molecular flexibility index (Phi) is 6.29. The van der Waals surface area contributed by atoms with Gasteiger partial charge in [0.2, 0.25) is 5.91 Å². The lowest BCUT2D eigenvalue weighted by Gasteiger charge is -2.35. The summed E-state index contributed by atoms with van der Waals surface area (Å²) in [5, 5.41) is 15.8. The number of anilines is 2.